The standard InChI is InChI=1S/C21H22FN3O3S2/c22-17-4-1-3-16(11-17)20-14-29-21(25(20)18-5-2-10-28-13-18)24-12-15-6-8-19(9-7-15)30(23,26)27/h1,3-4,6-9,11,14,18H,2,5,10,12-13H2,(H2,23,26,27). The third-order valence-corrected chi connectivity index (χ3v) is 6.82. The molecule has 1 fully saturated rings. The second-order valence-electron chi connectivity index (χ2n) is 7.16. The van der Waals surface area contributed by atoms with Gasteiger partial charge in [0.05, 0.1) is 29.8 Å². The first-order chi connectivity index (χ1) is 14.4. The first-order valence-corrected chi connectivity index (χ1v) is 12.0. The highest BCUT2D eigenvalue weighted by Gasteiger charge is 2.21. The van der Waals surface area contributed by atoms with E-state index in [1.807, 2.05) is 11.4 Å². The first kappa shape index (κ1) is 20.9. The summed E-state index contributed by atoms with van der Waals surface area (Å²) in [5, 5.41) is 7.14. The summed E-state index contributed by atoms with van der Waals surface area (Å²) in [6.45, 7) is 1.73. The molecule has 2 N–H and O–H groups in total. The average molecular weight is 448 g/mol. The van der Waals surface area contributed by atoms with Gasteiger partial charge in [-0.2, -0.15) is 0 Å². The van der Waals surface area contributed by atoms with Gasteiger partial charge in [-0.3, -0.25) is 4.99 Å². The van der Waals surface area contributed by atoms with Gasteiger partial charge in [-0.1, -0.05) is 24.3 Å². The van der Waals surface area contributed by atoms with Crippen molar-refractivity contribution in [2.45, 2.75) is 30.3 Å². The van der Waals surface area contributed by atoms with Gasteiger partial charge in [0.15, 0.2) is 4.80 Å². The fourth-order valence-corrected chi connectivity index (χ4v) is 5.00. The van der Waals surface area contributed by atoms with Crippen LogP contribution in [0.5, 0.6) is 0 Å². The fourth-order valence-electron chi connectivity index (χ4n) is 3.52. The number of rotatable bonds is 5. The molecule has 0 saturated carbocycles. The molecule has 1 unspecified atom stereocenters. The predicted molar refractivity (Wildman–Crippen MR) is 114 cm³/mol. The molecule has 1 atom stereocenters. The zero-order valence-electron chi connectivity index (χ0n) is 16.2. The number of primary sulfonamides is 1. The van der Waals surface area contributed by atoms with E-state index in [0.29, 0.717) is 13.2 Å². The summed E-state index contributed by atoms with van der Waals surface area (Å²) in [6.07, 6.45) is 1.93. The van der Waals surface area contributed by atoms with E-state index in [1.165, 1.54) is 35.6 Å². The Morgan fingerprint density at radius 2 is 2.03 bits per heavy atom. The molecule has 1 aliphatic heterocycles. The highest BCUT2D eigenvalue weighted by atomic mass is 32.2. The van der Waals surface area contributed by atoms with Crippen molar-refractivity contribution in [2.75, 3.05) is 13.2 Å². The number of sulfonamides is 1. The van der Waals surface area contributed by atoms with Crippen molar-refractivity contribution < 1.29 is 17.5 Å². The van der Waals surface area contributed by atoms with E-state index in [2.05, 4.69) is 4.57 Å². The maximum Gasteiger partial charge on any atom is 0.238 e. The lowest BCUT2D eigenvalue weighted by molar-refractivity contribution is 0.0588. The molecule has 2 heterocycles. The summed E-state index contributed by atoms with van der Waals surface area (Å²) in [4.78, 5) is 5.66. The fraction of sp³-hybridized carbons (Fsp3) is 0.286. The largest absolute Gasteiger partial charge is 0.379 e. The molecule has 1 aromatic heterocycles. The lowest BCUT2D eigenvalue weighted by Crippen LogP contribution is -2.28. The van der Waals surface area contributed by atoms with Crippen LogP contribution in [0.15, 0.2) is 63.8 Å². The lowest BCUT2D eigenvalue weighted by atomic mass is 10.1. The minimum Gasteiger partial charge on any atom is -0.379 e. The van der Waals surface area contributed by atoms with Gasteiger partial charge in [0.1, 0.15) is 5.82 Å². The van der Waals surface area contributed by atoms with E-state index in [9.17, 15) is 12.8 Å². The summed E-state index contributed by atoms with van der Waals surface area (Å²) in [5.74, 6) is -0.279. The van der Waals surface area contributed by atoms with Crippen molar-refractivity contribution in [1.82, 2.24) is 4.57 Å². The van der Waals surface area contributed by atoms with Crippen LogP contribution in [0.2, 0.25) is 0 Å². The van der Waals surface area contributed by atoms with E-state index in [4.69, 9.17) is 14.9 Å². The van der Waals surface area contributed by atoms with Gasteiger partial charge in [0, 0.05) is 17.6 Å². The van der Waals surface area contributed by atoms with Crippen molar-refractivity contribution in [3.8, 4) is 11.3 Å². The molecule has 6 nitrogen and oxygen atoms in total. The summed E-state index contributed by atoms with van der Waals surface area (Å²) >= 11 is 1.50. The van der Waals surface area contributed by atoms with Crippen molar-refractivity contribution in [3.05, 3.63) is 70.1 Å². The van der Waals surface area contributed by atoms with Crippen LogP contribution in [0.25, 0.3) is 11.3 Å². The van der Waals surface area contributed by atoms with Crippen LogP contribution in [0.1, 0.15) is 24.4 Å². The number of hydrogen-bond donors (Lipinski definition) is 1. The smallest absolute Gasteiger partial charge is 0.238 e. The van der Waals surface area contributed by atoms with Crippen LogP contribution < -0.4 is 9.94 Å². The molecular formula is C21H22FN3O3S2. The average Bonchev–Trinajstić information content (AvgIpc) is 3.16. The Morgan fingerprint density at radius 1 is 1.23 bits per heavy atom. The number of nitrogens with zero attached hydrogens (tertiary/aromatic N) is 2. The first-order valence-electron chi connectivity index (χ1n) is 9.58. The van der Waals surface area contributed by atoms with Crippen LogP contribution in [0.3, 0.4) is 0 Å². The molecule has 9 heteroatoms. The van der Waals surface area contributed by atoms with Gasteiger partial charge in [-0.15, -0.1) is 11.3 Å². The number of aromatic nitrogens is 1. The van der Waals surface area contributed by atoms with Gasteiger partial charge in [-0.05, 0) is 42.7 Å². The molecule has 0 amide bonds. The second-order valence-corrected chi connectivity index (χ2v) is 9.56. The Morgan fingerprint density at radius 3 is 2.70 bits per heavy atom. The van der Waals surface area contributed by atoms with Crippen molar-refractivity contribution in [3.63, 3.8) is 0 Å². The molecule has 2 aromatic carbocycles. The molecule has 30 heavy (non-hydrogen) atoms. The highest BCUT2D eigenvalue weighted by molar-refractivity contribution is 7.89. The molecule has 3 aromatic rings. The van der Waals surface area contributed by atoms with Crippen LogP contribution >= 0.6 is 11.3 Å². The zero-order valence-corrected chi connectivity index (χ0v) is 17.8. The SMILES string of the molecule is NS(=O)(=O)c1ccc(CN=c2scc(-c3cccc(F)c3)n2C2CCCOC2)cc1. The monoisotopic (exact) mass is 447 g/mol. The Labute approximate surface area is 178 Å². The molecule has 0 spiro atoms. The van der Waals surface area contributed by atoms with Crippen LogP contribution in [-0.4, -0.2) is 26.2 Å². The second kappa shape index (κ2) is 8.81. The topological polar surface area (TPSA) is 86.7 Å². The number of halogens is 1. The summed E-state index contributed by atoms with van der Waals surface area (Å²) < 4.78 is 44.5. The quantitative estimate of drug-likeness (QED) is 0.650. The van der Waals surface area contributed by atoms with Gasteiger partial charge in [0.25, 0.3) is 0 Å². The summed E-state index contributed by atoms with van der Waals surface area (Å²) in [5.41, 5.74) is 2.59. The number of hydrogen-bond acceptors (Lipinski definition) is 5. The summed E-state index contributed by atoms with van der Waals surface area (Å²) in [6, 6.07) is 13.1. The number of ether oxygens (including phenoxy) is 1. The van der Waals surface area contributed by atoms with E-state index in [1.54, 1.807) is 18.2 Å². The molecular weight excluding hydrogens is 425 g/mol. The zero-order chi connectivity index (χ0) is 21.1. The van der Waals surface area contributed by atoms with Crippen LogP contribution in [0, 0.1) is 5.82 Å². The maximum absolute atomic E-state index is 13.8. The summed E-state index contributed by atoms with van der Waals surface area (Å²) in [7, 11) is -3.72. The third-order valence-electron chi connectivity index (χ3n) is 5.01. The van der Waals surface area contributed by atoms with E-state index in [0.717, 1.165) is 41.1 Å². The number of nitrogens with two attached hydrogens (primary N) is 1. The Hall–Kier alpha value is -2.33. The normalized spacial score (nSPS) is 17.9. The van der Waals surface area contributed by atoms with E-state index >= 15 is 0 Å². The van der Waals surface area contributed by atoms with E-state index in [-0.39, 0.29) is 16.8 Å². The number of benzene rings is 2. The van der Waals surface area contributed by atoms with E-state index < -0.39 is 10.0 Å². The Bertz CT molecular complexity index is 1190. The lowest BCUT2D eigenvalue weighted by Gasteiger charge is -2.25. The van der Waals surface area contributed by atoms with Gasteiger partial charge >= 0.3 is 0 Å². The van der Waals surface area contributed by atoms with Crippen LogP contribution in [-0.2, 0) is 21.3 Å². The molecule has 0 bridgehead atoms. The molecule has 0 aliphatic carbocycles. The highest BCUT2D eigenvalue weighted by Crippen LogP contribution is 2.28. The van der Waals surface area contributed by atoms with Gasteiger partial charge < -0.3 is 9.30 Å². The molecule has 0 radical (unpaired) electrons. The third kappa shape index (κ3) is 4.70. The maximum atomic E-state index is 13.8. The van der Waals surface area contributed by atoms with Gasteiger partial charge in [0.2, 0.25) is 10.0 Å². The van der Waals surface area contributed by atoms with Crippen molar-refractivity contribution >= 4 is 21.4 Å². The minimum absolute atomic E-state index is 0.0742. The van der Waals surface area contributed by atoms with Crippen molar-refractivity contribution in [2.24, 2.45) is 10.1 Å². The molecule has 158 valence electrons. The molecule has 1 aliphatic rings. The Kier molecular flexibility index (Phi) is 6.14. The molecule has 1 saturated heterocycles. The van der Waals surface area contributed by atoms with Gasteiger partial charge in [-0.25, -0.2) is 17.9 Å². The minimum atomic E-state index is -3.72. The van der Waals surface area contributed by atoms with Crippen molar-refractivity contribution in [1.29, 1.82) is 0 Å². The Balaban J connectivity index is 1.70. The number of thiazole rings is 1. The van der Waals surface area contributed by atoms with Crippen LogP contribution in [0.4, 0.5) is 4.39 Å². The predicted octanol–water partition coefficient (Wildman–Crippen LogP) is 3.46. The molecule has 4 rings (SSSR count).